The summed E-state index contributed by atoms with van der Waals surface area (Å²) in [5.41, 5.74) is -1.09. The molecule has 96 valence electrons. The molecule has 0 amide bonds. The molecule has 0 radical (unpaired) electrons. The van der Waals surface area contributed by atoms with E-state index in [1.165, 1.54) is 12.3 Å². The van der Waals surface area contributed by atoms with E-state index in [0.29, 0.717) is 11.3 Å². The van der Waals surface area contributed by atoms with Gasteiger partial charge in [-0.2, -0.15) is 13.2 Å². The molecule has 0 aliphatic heterocycles. The molecule has 2 heterocycles. The van der Waals surface area contributed by atoms with Crippen molar-refractivity contribution in [2.75, 3.05) is 0 Å². The van der Waals surface area contributed by atoms with Crippen molar-refractivity contribution < 1.29 is 22.7 Å². The number of furan rings is 1. The van der Waals surface area contributed by atoms with Crippen LogP contribution >= 0.6 is 0 Å². The predicted octanol–water partition coefficient (Wildman–Crippen LogP) is 2.56. The number of hydrogen-bond donors (Lipinski definition) is 1. The summed E-state index contributed by atoms with van der Waals surface area (Å²) in [7, 11) is 0. The smallest absolute Gasteiger partial charge is 0.433 e. The monoisotopic (exact) mass is 258 g/mol. The number of aromatic nitrogens is 2. The Morgan fingerprint density at radius 1 is 1.39 bits per heavy atom. The summed E-state index contributed by atoms with van der Waals surface area (Å²) in [4.78, 5) is 7.26. The van der Waals surface area contributed by atoms with Gasteiger partial charge < -0.3 is 9.52 Å². The summed E-state index contributed by atoms with van der Waals surface area (Å²) in [5.74, 6) is 0.352. The van der Waals surface area contributed by atoms with Crippen LogP contribution in [0.3, 0.4) is 0 Å². The standard InChI is InChI=1S/C11H9F3N2O2/c1-6-8(2-3-18-6)10-15-4-7(5-17)9(16-10)11(12,13)14/h2-4,17H,5H2,1H3. The highest BCUT2D eigenvalue weighted by Gasteiger charge is 2.36. The molecule has 0 spiro atoms. The third-order valence-electron chi connectivity index (χ3n) is 2.40. The quantitative estimate of drug-likeness (QED) is 0.899. The van der Waals surface area contributed by atoms with Crippen LogP contribution in [0.4, 0.5) is 13.2 Å². The Labute approximate surface area is 100 Å². The zero-order valence-corrected chi connectivity index (χ0v) is 9.32. The highest BCUT2D eigenvalue weighted by Crippen LogP contribution is 2.32. The molecule has 0 saturated heterocycles. The van der Waals surface area contributed by atoms with Crippen LogP contribution in [-0.2, 0) is 12.8 Å². The van der Waals surface area contributed by atoms with Crippen molar-refractivity contribution in [1.29, 1.82) is 0 Å². The summed E-state index contributed by atoms with van der Waals surface area (Å²) in [6.07, 6.45) is -2.31. The fourth-order valence-corrected chi connectivity index (χ4v) is 1.51. The molecule has 18 heavy (non-hydrogen) atoms. The molecule has 0 saturated carbocycles. The van der Waals surface area contributed by atoms with Gasteiger partial charge >= 0.3 is 6.18 Å². The van der Waals surface area contributed by atoms with Gasteiger partial charge in [-0.3, -0.25) is 0 Å². The van der Waals surface area contributed by atoms with Gasteiger partial charge in [0.1, 0.15) is 5.76 Å². The molecule has 0 atom stereocenters. The molecule has 1 N–H and O–H groups in total. The van der Waals surface area contributed by atoms with Crippen LogP contribution in [0.1, 0.15) is 17.0 Å². The van der Waals surface area contributed by atoms with E-state index in [2.05, 4.69) is 9.97 Å². The van der Waals surface area contributed by atoms with E-state index in [1.54, 1.807) is 6.92 Å². The Balaban J connectivity index is 2.57. The molecule has 7 heteroatoms. The van der Waals surface area contributed by atoms with Crippen molar-refractivity contribution in [1.82, 2.24) is 9.97 Å². The second-order valence-corrected chi connectivity index (χ2v) is 3.61. The van der Waals surface area contributed by atoms with Crippen molar-refractivity contribution in [3.63, 3.8) is 0 Å². The first-order valence-corrected chi connectivity index (χ1v) is 5.02. The summed E-state index contributed by atoms with van der Waals surface area (Å²) in [6.45, 7) is 0.839. The first kappa shape index (κ1) is 12.6. The number of halogens is 3. The van der Waals surface area contributed by atoms with E-state index < -0.39 is 18.5 Å². The first-order chi connectivity index (χ1) is 8.43. The Morgan fingerprint density at radius 2 is 2.11 bits per heavy atom. The summed E-state index contributed by atoms with van der Waals surface area (Å²) < 4.78 is 43.2. The lowest BCUT2D eigenvalue weighted by Gasteiger charge is -2.10. The van der Waals surface area contributed by atoms with Crippen LogP contribution in [0.2, 0.25) is 0 Å². The highest BCUT2D eigenvalue weighted by molar-refractivity contribution is 5.57. The lowest BCUT2D eigenvalue weighted by molar-refractivity contribution is -0.142. The normalized spacial score (nSPS) is 11.8. The zero-order chi connectivity index (χ0) is 13.3. The maximum Gasteiger partial charge on any atom is 0.433 e. The second-order valence-electron chi connectivity index (χ2n) is 3.61. The van der Waals surface area contributed by atoms with Crippen molar-refractivity contribution in [2.24, 2.45) is 0 Å². The Morgan fingerprint density at radius 3 is 2.61 bits per heavy atom. The summed E-state index contributed by atoms with van der Waals surface area (Å²) >= 11 is 0. The number of aliphatic hydroxyl groups excluding tert-OH is 1. The maximum atomic E-state index is 12.7. The summed E-state index contributed by atoms with van der Waals surface area (Å²) in [5, 5.41) is 8.86. The SMILES string of the molecule is Cc1occc1-c1ncc(CO)c(C(F)(F)F)n1. The minimum Gasteiger partial charge on any atom is -0.469 e. The van der Waals surface area contributed by atoms with Crippen LogP contribution in [0.5, 0.6) is 0 Å². The average molecular weight is 258 g/mol. The van der Waals surface area contributed by atoms with E-state index in [0.717, 1.165) is 6.20 Å². The minimum atomic E-state index is -4.63. The van der Waals surface area contributed by atoms with E-state index in [9.17, 15) is 13.2 Å². The second kappa shape index (κ2) is 4.41. The van der Waals surface area contributed by atoms with Crippen molar-refractivity contribution in [3.05, 3.63) is 35.5 Å². The number of alkyl halides is 3. The number of rotatable bonds is 2. The molecule has 2 rings (SSSR count). The van der Waals surface area contributed by atoms with E-state index in [1.807, 2.05) is 0 Å². The van der Waals surface area contributed by atoms with Crippen LogP contribution in [0.15, 0.2) is 22.9 Å². The number of aryl methyl sites for hydroxylation is 1. The van der Waals surface area contributed by atoms with Gasteiger partial charge in [0.25, 0.3) is 0 Å². The van der Waals surface area contributed by atoms with Gasteiger partial charge in [-0.15, -0.1) is 0 Å². The van der Waals surface area contributed by atoms with Crippen molar-refractivity contribution >= 4 is 0 Å². The van der Waals surface area contributed by atoms with Gasteiger partial charge in [0.05, 0.1) is 18.4 Å². The molecule has 2 aromatic heterocycles. The fourth-order valence-electron chi connectivity index (χ4n) is 1.51. The van der Waals surface area contributed by atoms with Gasteiger partial charge in [0.15, 0.2) is 11.5 Å². The number of nitrogens with zero attached hydrogens (tertiary/aromatic N) is 2. The van der Waals surface area contributed by atoms with Gasteiger partial charge in [-0.1, -0.05) is 0 Å². The van der Waals surface area contributed by atoms with Gasteiger partial charge in [0.2, 0.25) is 0 Å². The van der Waals surface area contributed by atoms with Crippen LogP contribution in [-0.4, -0.2) is 15.1 Å². The van der Waals surface area contributed by atoms with Crippen molar-refractivity contribution in [3.8, 4) is 11.4 Å². The maximum absolute atomic E-state index is 12.7. The Hall–Kier alpha value is -1.89. The highest BCUT2D eigenvalue weighted by atomic mass is 19.4. The van der Waals surface area contributed by atoms with Gasteiger partial charge in [-0.05, 0) is 13.0 Å². The third-order valence-corrected chi connectivity index (χ3v) is 2.40. The van der Waals surface area contributed by atoms with Gasteiger partial charge in [0, 0.05) is 11.8 Å². The largest absolute Gasteiger partial charge is 0.469 e. The van der Waals surface area contributed by atoms with Crippen LogP contribution in [0.25, 0.3) is 11.4 Å². The van der Waals surface area contributed by atoms with E-state index in [4.69, 9.17) is 9.52 Å². The van der Waals surface area contributed by atoms with E-state index >= 15 is 0 Å². The molecule has 0 aliphatic carbocycles. The lowest BCUT2D eigenvalue weighted by atomic mass is 10.2. The molecular formula is C11H9F3N2O2. The molecular weight excluding hydrogens is 249 g/mol. The minimum absolute atomic E-state index is 0.0780. The molecule has 0 fully saturated rings. The Bertz CT molecular complexity index is 564. The van der Waals surface area contributed by atoms with Crippen LogP contribution in [0, 0.1) is 6.92 Å². The number of aliphatic hydroxyl groups is 1. The first-order valence-electron chi connectivity index (χ1n) is 5.02. The lowest BCUT2D eigenvalue weighted by Crippen LogP contribution is -2.13. The summed E-state index contributed by atoms with van der Waals surface area (Å²) in [6, 6.07) is 1.49. The van der Waals surface area contributed by atoms with Gasteiger partial charge in [-0.25, -0.2) is 9.97 Å². The third kappa shape index (κ3) is 2.21. The molecule has 0 aromatic carbocycles. The van der Waals surface area contributed by atoms with Crippen LogP contribution < -0.4 is 0 Å². The predicted molar refractivity (Wildman–Crippen MR) is 55.4 cm³/mol. The fraction of sp³-hybridized carbons (Fsp3) is 0.273. The molecule has 0 aliphatic rings. The zero-order valence-electron chi connectivity index (χ0n) is 9.32. The topological polar surface area (TPSA) is 59.2 Å². The average Bonchev–Trinajstić information content (AvgIpc) is 2.73. The van der Waals surface area contributed by atoms with Crippen molar-refractivity contribution in [2.45, 2.75) is 19.7 Å². The Kier molecular flexibility index (Phi) is 3.08. The molecule has 0 bridgehead atoms. The molecule has 4 nitrogen and oxygen atoms in total. The van der Waals surface area contributed by atoms with E-state index in [-0.39, 0.29) is 11.4 Å². The number of hydrogen-bond acceptors (Lipinski definition) is 4. The molecule has 0 unspecified atom stereocenters. The molecule has 2 aromatic rings.